The molecule has 0 saturated carbocycles. The van der Waals surface area contributed by atoms with E-state index in [1.54, 1.807) is 0 Å². The molecule has 1 heterocycles. The zero-order valence-electron chi connectivity index (χ0n) is 18.2. The smallest absolute Gasteiger partial charge is 0.282 e. The third-order valence-corrected chi connectivity index (χ3v) is 5.79. The Morgan fingerprint density at radius 3 is 2.25 bits per heavy atom. The summed E-state index contributed by atoms with van der Waals surface area (Å²) in [5.74, 6) is 0.217. The predicted octanol–water partition coefficient (Wildman–Crippen LogP) is -0.361. The molecule has 2 amide bonds. The van der Waals surface area contributed by atoms with Crippen molar-refractivity contribution in [2.45, 2.75) is 53.5 Å². The molecule has 1 saturated heterocycles. The number of carbonyl (C=O) groups excluding carboxylic acids is 2. The van der Waals surface area contributed by atoms with E-state index in [-0.39, 0.29) is 17.9 Å². The van der Waals surface area contributed by atoms with Gasteiger partial charge in [-0.25, -0.2) is 0 Å². The number of hydrogen-bond donors (Lipinski definition) is 4. The van der Waals surface area contributed by atoms with Crippen LogP contribution in [0.15, 0.2) is 12.1 Å². The van der Waals surface area contributed by atoms with E-state index in [1.165, 1.54) is 15.4 Å². The molecule has 1 aliphatic heterocycles. The molecular weight excluding hydrogens is 352 g/mol. The zero-order valence-corrected chi connectivity index (χ0v) is 18.2. The van der Waals surface area contributed by atoms with Crippen LogP contribution in [0.5, 0.6) is 0 Å². The molecule has 1 aliphatic rings. The molecule has 2 rings (SSSR count). The van der Waals surface area contributed by atoms with Gasteiger partial charge in [0.15, 0.2) is 12.6 Å². The van der Waals surface area contributed by atoms with Gasteiger partial charge in [0.25, 0.3) is 11.8 Å². The predicted molar refractivity (Wildman–Crippen MR) is 113 cm³/mol. The molecule has 0 aliphatic carbocycles. The van der Waals surface area contributed by atoms with Crippen LogP contribution in [0.4, 0.5) is 5.69 Å². The van der Waals surface area contributed by atoms with E-state index in [1.807, 2.05) is 20.8 Å². The summed E-state index contributed by atoms with van der Waals surface area (Å²) in [6, 6.07) is 4.11. The van der Waals surface area contributed by atoms with E-state index < -0.39 is 0 Å². The molecule has 1 aromatic rings. The van der Waals surface area contributed by atoms with Crippen molar-refractivity contribution in [1.29, 1.82) is 0 Å². The maximum absolute atomic E-state index is 12.8. The van der Waals surface area contributed by atoms with Gasteiger partial charge >= 0.3 is 0 Å². The van der Waals surface area contributed by atoms with Gasteiger partial charge in [0.1, 0.15) is 26.2 Å². The van der Waals surface area contributed by atoms with Crippen molar-refractivity contribution < 1.29 is 19.4 Å². The lowest BCUT2D eigenvalue weighted by atomic mass is 10.0. The summed E-state index contributed by atoms with van der Waals surface area (Å²) in [5, 5.41) is 6.14. The number of quaternary nitrogens is 2. The van der Waals surface area contributed by atoms with Gasteiger partial charge in [-0.3, -0.25) is 9.59 Å². The zero-order chi connectivity index (χ0) is 20.7. The molecule has 0 unspecified atom stereocenters. The first-order chi connectivity index (χ1) is 13.3. The summed E-state index contributed by atoms with van der Waals surface area (Å²) >= 11 is 0. The van der Waals surface area contributed by atoms with Crippen molar-refractivity contribution in [2.24, 2.45) is 0 Å². The van der Waals surface area contributed by atoms with Crippen LogP contribution >= 0.6 is 0 Å². The van der Waals surface area contributed by atoms with Crippen LogP contribution in [-0.2, 0) is 9.59 Å². The Hall–Kier alpha value is -1.92. The monoisotopic (exact) mass is 390 g/mol. The minimum Gasteiger partial charge on any atom is -0.351 e. The SMILES string of the molecule is CCCCNC(=O)C[NH+]1CC[NH+]([C@@H](C)C(=O)Nc2c(C)cc(C)cc2C)CC1. The Bertz CT molecular complexity index is 658. The molecule has 28 heavy (non-hydrogen) atoms. The van der Waals surface area contributed by atoms with Crippen molar-refractivity contribution in [3.05, 3.63) is 28.8 Å². The van der Waals surface area contributed by atoms with Crippen LogP contribution in [0, 0.1) is 20.8 Å². The molecule has 1 atom stereocenters. The standard InChI is InChI=1S/C22H36N4O2/c1-6-7-8-23-20(27)15-25-9-11-26(12-10-25)19(5)22(28)24-21-17(3)13-16(2)14-18(21)4/h13-14,19H,6-12,15H2,1-5H3,(H,23,27)(H,24,28)/p+2/t19-/m0/s1. The van der Waals surface area contributed by atoms with Gasteiger partial charge in [-0.2, -0.15) is 0 Å². The fourth-order valence-corrected chi connectivity index (χ4v) is 4.02. The molecule has 0 spiro atoms. The Morgan fingerprint density at radius 1 is 1.07 bits per heavy atom. The van der Waals surface area contributed by atoms with Gasteiger partial charge < -0.3 is 20.4 Å². The molecular formula is C22H38N4O2+2. The number of benzene rings is 1. The maximum atomic E-state index is 12.8. The highest BCUT2D eigenvalue weighted by Crippen LogP contribution is 2.21. The highest BCUT2D eigenvalue weighted by molar-refractivity contribution is 5.95. The summed E-state index contributed by atoms with van der Waals surface area (Å²) < 4.78 is 0. The average molecular weight is 391 g/mol. The van der Waals surface area contributed by atoms with Gasteiger partial charge in [0.05, 0.1) is 0 Å². The molecule has 6 heteroatoms. The van der Waals surface area contributed by atoms with Crippen molar-refractivity contribution >= 4 is 17.5 Å². The minimum absolute atomic E-state index is 0.0748. The Balaban J connectivity index is 1.82. The van der Waals surface area contributed by atoms with Crippen molar-refractivity contribution in [2.75, 3.05) is 44.6 Å². The van der Waals surface area contributed by atoms with Crippen LogP contribution in [0.1, 0.15) is 43.4 Å². The van der Waals surface area contributed by atoms with Gasteiger partial charge in [-0.05, 0) is 45.2 Å². The van der Waals surface area contributed by atoms with E-state index in [4.69, 9.17) is 0 Å². The maximum Gasteiger partial charge on any atom is 0.282 e. The average Bonchev–Trinajstić information content (AvgIpc) is 2.64. The topological polar surface area (TPSA) is 67.1 Å². The van der Waals surface area contributed by atoms with Crippen molar-refractivity contribution in [3.63, 3.8) is 0 Å². The second-order valence-corrected chi connectivity index (χ2v) is 8.27. The molecule has 4 N–H and O–H groups in total. The van der Waals surface area contributed by atoms with Crippen LogP contribution < -0.4 is 20.4 Å². The van der Waals surface area contributed by atoms with Crippen LogP contribution in [0.25, 0.3) is 0 Å². The Morgan fingerprint density at radius 2 is 1.68 bits per heavy atom. The minimum atomic E-state index is -0.0972. The largest absolute Gasteiger partial charge is 0.351 e. The quantitative estimate of drug-likeness (QED) is 0.458. The fraction of sp³-hybridized carbons (Fsp3) is 0.636. The van der Waals surface area contributed by atoms with E-state index >= 15 is 0 Å². The van der Waals surface area contributed by atoms with E-state index in [0.717, 1.165) is 62.4 Å². The number of amides is 2. The molecule has 0 bridgehead atoms. The number of hydrogen-bond acceptors (Lipinski definition) is 2. The number of nitrogens with one attached hydrogen (secondary N) is 4. The van der Waals surface area contributed by atoms with Crippen molar-refractivity contribution in [1.82, 2.24) is 5.32 Å². The fourth-order valence-electron chi connectivity index (χ4n) is 4.02. The molecule has 156 valence electrons. The van der Waals surface area contributed by atoms with Crippen LogP contribution in [-0.4, -0.2) is 57.1 Å². The van der Waals surface area contributed by atoms with Crippen molar-refractivity contribution in [3.8, 4) is 0 Å². The van der Waals surface area contributed by atoms with Gasteiger partial charge in [0, 0.05) is 12.2 Å². The van der Waals surface area contributed by atoms with Crippen LogP contribution in [0.3, 0.4) is 0 Å². The number of rotatable bonds is 8. The first-order valence-corrected chi connectivity index (χ1v) is 10.6. The van der Waals surface area contributed by atoms with E-state index in [2.05, 4.69) is 36.6 Å². The molecule has 1 aromatic carbocycles. The third kappa shape index (κ3) is 6.31. The first-order valence-electron chi connectivity index (χ1n) is 10.6. The summed E-state index contributed by atoms with van der Waals surface area (Å²) in [4.78, 5) is 27.4. The molecule has 0 aromatic heterocycles. The van der Waals surface area contributed by atoms with E-state index in [9.17, 15) is 9.59 Å². The van der Waals surface area contributed by atoms with E-state index in [0.29, 0.717) is 6.54 Å². The third-order valence-electron chi connectivity index (χ3n) is 5.79. The second-order valence-electron chi connectivity index (χ2n) is 8.27. The summed E-state index contributed by atoms with van der Waals surface area (Å²) in [6.07, 6.45) is 2.13. The number of carbonyl (C=O) groups is 2. The Labute approximate surface area is 169 Å². The molecule has 6 nitrogen and oxygen atoms in total. The summed E-state index contributed by atoms with van der Waals surface area (Å²) in [6.45, 7) is 15.3. The number of unbranched alkanes of at least 4 members (excludes halogenated alkanes) is 1. The number of piperazine rings is 1. The highest BCUT2D eigenvalue weighted by Gasteiger charge is 2.32. The van der Waals surface area contributed by atoms with Gasteiger partial charge in [0.2, 0.25) is 0 Å². The lowest BCUT2D eigenvalue weighted by molar-refractivity contribution is -1.01. The highest BCUT2D eigenvalue weighted by atomic mass is 16.2. The molecule has 0 radical (unpaired) electrons. The lowest BCUT2D eigenvalue weighted by Gasteiger charge is -2.32. The number of aryl methyl sites for hydroxylation is 3. The number of anilines is 1. The van der Waals surface area contributed by atoms with Crippen LogP contribution in [0.2, 0.25) is 0 Å². The Kier molecular flexibility index (Phi) is 8.45. The normalized spacial score (nSPS) is 20.5. The van der Waals surface area contributed by atoms with Gasteiger partial charge in [-0.15, -0.1) is 0 Å². The summed E-state index contributed by atoms with van der Waals surface area (Å²) in [5.41, 5.74) is 4.37. The van der Waals surface area contributed by atoms with Gasteiger partial charge in [-0.1, -0.05) is 31.0 Å². The summed E-state index contributed by atoms with van der Waals surface area (Å²) in [7, 11) is 0. The first kappa shape index (κ1) is 22.4. The second kappa shape index (κ2) is 10.6. The molecule has 1 fully saturated rings. The lowest BCUT2D eigenvalue weighted by Crippen LogP contribution is -3.30.